The van der Waals surface area contributed by atoms with Gasteiger partial charge in [-0.1, -0.05) is 29.3 Å². The van der Waals surface area contributed by atoms with E-state index in [2.05, 4.69) is 11.4 Å². The van der Waals surface area contributed by atoms with Gasteiger partial charge in [0, 0.05) is 22.5 Å². The highest BCUT2D eigenvalue weighted by Crippen LogP contribution is 2.29. The van der Waals surface area contributed by atoms with E-state index in [4.69, 9.17) is 27.9 Å². The summed E-state index contributed by atoms with van der Waals surface area (Å²) >= 11 is 13.6. The van der Waals surface area contributed by atoms with Crippen LogP contribution in [0.2, 0.25) is 10.0 Å². The molecule has 0 N–H and O–H groups in total. The first-order valence-electron chi connectivity index (χ1n) is 7.53. The summed E-state index contributed by atoms with van der Waals surface area (Å²) in [6.07, 6.45) is 3.05. The quantitative estimate of drug-likeness (QED) is 0.709. The molecule has 3 nitrogen and oxygen atoms in total. The number of rotatable bonds is 7. The minimum Gasteiger partial charge on any atom is -0.482 e. The summed E-state index contributed by atoms with van der Waals surface area (Å²) in [7, 11) is 0. The fraction of sp³-hybridized carbons (Fsp3) is 0.353. The number of carbonyl (C=O) groups is 1. The van der Waals surface area contributed by atoms with Crippen LogP contribution in [0.5, 0.6) is 5.75 Å². The van der Waals surface area contributed by atoms with Crippen LogP contribution in [-0.2, 0) is 11.2 Å². The largest absolute Gasteiger partial charge is 0.482 e. The fourth-order valence-electron chi connectivity index (χ4n) is 2.40. The molecule has 0 saturated heterocycles. The monoisotopic (exact) mass is 369 g/mol. The molecule has 1 heterocycles. The Hall–Kier alpha value is -1.23. The van der Waals surface area contributed by atoms with Crippen molar-refractivity contribution < 1.29 is 9.53 Å². The van der Waals surface area contributed by atoms with E-state index >= 15 is 0 Å². The Morgan fingerprint density at radius 3 is 2.78 bits per heavy atom. The van der Waals surface area contributed by atoms with Crippen LogP contribution in [0.15, 0.2) is 35.7 Å². The van der Waals surface area contributed by atoms with E-state index in [1.165, 1.54) is 4.88 Å². The van der Waals surface area contributed by atoms with Crippen LogP contribution in [0.25, 0.3) is 0 Å². The SMILES string of the molecule is O=C(COc1ccc(Cl)cc1Cl)N(CCc1cccs1)C1CC1. The van der Waals surface area contributed by atoms with Crippen molar-refractivity contribution in [1.29, 1.82) is 0 Å². The van der Waals surface area contributed by atoms with Crippen molar-refractivity contribution in [3.05, 3.63) is 50.6 Å². The van der Waals surface area contributed by atoms with Gasteiger partial charge < -0.3 is 9.64 Å². The van der Waals surface area contributed by atoms with Gasteiger partial charge in [0.25, 0.3) is 5.91 Å². The average Bonchev–Trinajstić information content (AvgIpc) is 3.22. The third-order valence-electron chi connectivity index (χ3n) is 3.73. The fourth-order valence-corrected chi connectivity index (χ4v) is 3.56. The van der Waals surface area contributed by atoms with Crippen molar-refractivity contribution in [1.82, 2.24) is 4.90 Å². The molecule has 1 aliphatic rings. The maximum atomic E-state index is 12.5. The van der Waals surface area contributed by atoms with Gasteiger partial charge in [-0.3, -0.25) is 4.79 Å². The molecule has 3 rings (SSSR count). The van der Waals surface area contributed by atoms with Crippen molar-refractivity contribution in [2.45, 2.75) is 25.3 Å². The predicted octanol–water partition coefficient (Wildman–Crippen LogP) is 4.67. The number of thiophene rings is 1. The average molecular weight is 370 g/mol. The van der Waals surface area contributed by atoms with Crippen molar-refractivity contribution in [3.8, 4) is 5.75 Å². The van der Waals surface area contributed by atoms with E-state index < -0.39 is 0 Å². The maximum Gasteiger partial charge on any atom is 0.260 e. The van der Waals surface area contributed by atoms with E-state index in [1.807, 2.05) is 11.0 Å². The summed E-state index contributed by atoms with van der Waals surface area (Å²) in [4.78, 5) is 15.7. The molecule has 1 aromatic carbocycles. The molecule has 0 aliphatic heterocycles. The zero-order valence-corrected chi connectivity index (χ0v) is 14.8. The number of benzene rings is 1. The van der Waals surface area contributed by atoms with E-state index in [1.54, 1.807) is 29.5 Å². The van der Waals surface area contributed by atoms with E-state index in [0.29, 0.717) is 21.8 Å². The molecule has 23 heavy (non-hydrogen) atoms. The van der Waals surface area contributed by atoms with Crippen molar-refractivity contribution in [3.63, 3.8) is 0 Å². The first kappa shape index (κ1) is 16.6. The summed E-state index contributed by atoms with van der Waals surface area (Å²) in [5.74, 6) is 0.494. The Morgan fingerprint density at radius 1 is 1.30 bits per heavy atom. The molecule has 1 fully saturated rings. The number of halogens is 2. The van der Waals surface area contributed by atoms with Crippen LogP contribution in [0.4, 0.5) is 0 Å². The molecule has 0 bridgehead atoms. The first-order chi connectivity index (χ1) is 11.1. The predicted molar refractivity (Wildman–Crippen MR) is 94.7 cm³/mol. The molecular weight excluding hydrogens is 353 g/mol. The molecule has 0 spiro atoms. The van der Waals surface area contributed by atoms with E-state index in [-0.39, 0.29) is 12.5 Å². The van der Waals surface area contributed by atoms with Crippen LogP contribution in [0, 0.1) is 0 Å². The van der Waals surface area contributed by atoms with Crippen LogP contribution in [0.3, 0.4) is 0 Å². The lowest BCUT2D eigenvalue weighted by molar-refractivity contribution is -0.133. The molecule has 0 atom stereocenters. The van der Waals surface area contributed by atoms with Gasteiger partial charge in [0.2, 0.25) is 0 Å². The Balaban J connectivity index is 1.56. The van der Waals surface area contributed by atoms with Gasteiger partial charge in [-0.15, -0.1) is 11.3 Å². The zero-order chi connectivity index (χ0) is 16.2. The van der Waals surface area contributed by atoms with Crippen LogP contribution < -0.4 is 4.74 Å². The Morgan fingerprint density at radius 2 is 2.13 bits per heavy atom. The maximum absolute atomic E-state index is 12.5. The molecule has 1 aromatic heterocycles. The molecule has 0 radical (unpaired) electrons. The van der Waals surface area contributed by atoms with Gasteiger partial charge >= 0.3 is 0 Å². The zero-order valence-electron chi connectivity index (χ0n) is 12.5. The highest BCUT2D eigenvalue weighted by Gasteiger charge is 2.32. The lowest BCUT2D eigenvalue weighted by Crippen LogP contribution is -2.38. The molecule has 122 valence electrons. The van der Waals surface area contributed by atoms with Crippen molar-refractivity contribution >= 4 is 40.4 Å². The summed E-state index contributed by atoms with van der Waals surface area (Å²) in [6, 6.07) is 9.50. The molecule has 1 aliphatic carbocycles. The minimum atomic E-state index is 0.00227. The summed E-state index contributed by atoms with van der Waals surface area (Å²) < 4.78 is 5.57. The molecule has 1 saturated carbocycles. The third-order valence-corrected chi connectivity index (χ3v) is 5.20. The lowest BCUT2D eigenvalue weighted by atomic mass is 10.3. The first-order valence-corrected chi connectivity index (χ1v) is 9.17. The number of hydrogen-bond donors (Lipinski definition) is 0. The normalized spacial score (nSPS) is 13.8. The highest BCUT2D eigenvalue weighted by molar-refractivity contribution is 7.09. The van der Waals surface area contributed by atoms with Gasteiger partial charge in [0.15, 0.2) is 6.61 Å². The summed E-state index contributed by atoms with van der Waals surface area (Å²) in [6.45, 7) is 0.740. The lowest BCUT2D eigenvalue weighted by Gasteiger charge is -2.22. The Bertz CT molecular complexity index is 671. The molecule has 0 unspecified atom stereocenters. The second kappa shape index (κ2) is 7.56. The Kier molecular flexibility index (Phi) is 5.46. The number of nitrogens with zero attached hydrogens (tertiary/aromatic N) is 1. The van der Waals surface area contributed by atoms with Crippen LogP contribution in [0.1, 0.15) is 17.7 Å². The molecule has 1 amide bonds. The third kappa shape index (κ3) is 4.63. The molecule has 6 heteroatoms. The van der Waals surface area contributed by atoms with E-state index in [0.717, 1.165) is 25.8 Å². The standard InChI is InChI=1S/C17H17Cl2NO2S/c18-12-3-6-16(15(19)10-12)22-11-17(21)20(13-4-5-13)8-7-14-2-1-9-23-14/h1-3,6,9-10,13H,4-5,7-8,11H2. The van der Waals surface area contributed by atoms with Crippen molar-refractivity contribution in [2.75, 3.05) is 13.2 Å². The molecule has 2 aromatic rings. The minimum absolute atomic E-state index is 0.00227. The van der Waals surface area contributed by atoms with Gasteiger partial charge in [-0.25, -0.2) is 0 Å². The van der Waals surface area contributed by atoms with Gasteiger partial charge in [-0.2, -0.15) is 0 Å². The topological polar surface area (TPSA) is 29.5 Å². The summed E-state index contributed by atoms with van der Waals surface area (Å²) in [5.41, 5.74) is 0. The van der Waals surface area contributed by atoms with E-state index in [9.17, 15) is 4.79 Å². The number of carbonyl (C=O) groups excluding carboxylic acids is 1. The van der Waals surface area contributed by atoms with Crippen molar-refractivity contribution in [2.24, 2.45) is 0 Å². The van der Waals surface area contributed by atoms with Gasteiger partial charge in [-0.05, 0) is 48.9 Å². The number of ether oxygens (including phenoxy) is 1. The van der Waals surface area contributed by atoms with Crippen LogP contribution >= 0.6 is 34.5 Å². The molecular formula is C17H17Cl2NO2S. The Labute approximate surface area is 149 Å². The van der Waals surface area contributed by atoms with Gasteiger partial charge in [0.1, 0.15) is 5.75 Å². The number of amides is 1. The van der Waals surface area contributed by atoms with Gasteiger partial charge in [0.05, 0.1) is 5.02 Å². The summed E-state index contributed by atoms with van der Waals surface area (Å²) in [5, 5.41) is 3.02. The van der Waals surface area contributed by atoms with Crippen LogP contribution in [-0.4, -0.2) is 30.0 Å². The second-order valence-corrected chi connectivity index (χ2v) is 7.39. The second-order valence-electron chi connectivity index (χ2n) is 5.51. The smallest absolute Gasteiger partial charge is 0.260 e. The number of hydrogen-bond acceptors (Lipinski definition) is 3. The highest BCUT2D eigenvalue weighted by atomic mass is 35.5.